The quantitative estimate of drug-likeness (QED) is 0.0204. The highest BCUT2D eigenvalue weighted by Gasteiger charge is 2.51. The first-order valence-electron chi connectivity index (χ1n) is 41.4. The molecular weight excluding hydrogens is 1280 g/mol. The van der Waals surface area contributed by atoms with Crippen molar-refractivity contribution in [1.82, 2.24) is 5.32 Å². The molecule has 0 aromatic heterocycles. The summed E-state index contributed by atoms with van der Waals surface area (Å²) in [4.78, 5) is 13.4. The monoisotopic (exact) mass is 1430 g/mol. The maximum atomic E-state index is 13.4. The predicted molar refractivity (Wildman–Crippen MR) is 424 cm³/mol. The van der Waals surface area contributed by atoms with Crippen molar-refractivity contribution in [2.75, 3.05) is 19.8 Å². The van der Waals surface area contributed by atoms with Gasteiger partial charge in [-0.25, -0.2) is 0 Å². The fourth-order valence-electron chi connectivity index (χ4n) is 12.9. The Hall–Kier alpha value is -3.87. The molecule has 2 aliphatic rings. The largest absolute Gasteiger partial charge is 0.394 e. The van der Waals surface area contributed by atoms with Crippen LogP contribution in [0.3, 0.4) is 0 Å². The number of aliphatic hydroxyl groups is 8. The van der Waals surface area contributed by atoms with Crippen LogP contribution in [-0.4, -0.2) is 140 Å². The third kappa shape index (κ3) is 52.2. The van der Waals surface area contributed by atoms with Gasteiger partial charge in [-0.15, -0.1) is 0 Å². The van der Waals surface area contributed by atoms with Crippen LogP contribution in [0.4, 0.5) is 0 Å². The Morgan fingerprint density at radius 1 is 0.363 bits per heavy atom. The number of rotatable bonds is 68. The molecule has 0 saturated carbocycles. The second-order valence-corrected chi connectivity index (χ2v) is 28.5. The fraction of sp³-hybridized carbons (Fsp3) is 0.739. The number of ether oxygens (including phenoxy) is 4. The zero-order valence-electron chi connectivity index (χ0n) is 64.3. The van der Waals surface area contributed by atoms with Crippen molar-refractivity contribution in [2.45, 2.75) is 396 Å². The van der Waals surface area contributed by atoms with Crippen LogP contribution >= 0.6 is 0 Å². The molecule has 2 fully saturated rings. The molecule has 14 heteroatoms. The number of hydrogen-bond acceptors (Lipinski definition) is 13. The van der Waals surface area contributed by atoms with Gasteiger partial charge in [0.05, 0.1) is 32.0 Å². The summed E-state index contributed by atoms with van der Waals surface area (Å²) in [6.45, 7) is 2.77. The number of carbonyl (C=O) groups excluding carboxylic acids is 1. The van der Waals surface area contributed by atoms with E-state index in [1.165, 1.54) is 154 Å². The van der Waals surface area contributed by atoms with Crippen molar-refractivity contribution in [3.63, 3.8) is 0 Å². The van der Waals surface area contributed by atoms with E-state index in [4.69, 9.17) is 18.9 Å². The van der Waals surface area contributed by atoms with Crippen molar-refractivity contribution in [3.05, 3.63) is 134 Å². The van der Waals surface area contributed by atoms with Crippen molar-refractivity contribution < 1.29 is 64.6 Å². The number of hydrogen-bond donors (Lipinski definition) is 9. The summed E-state index contributed by atoms with van der Waals surface area (Å²) in [6.07, 6.45) is 87.7. The molecule has 9 N–H and O–H groups in total. The van der Waals surface area contributed by atoms with Crippen LogP contribution in [-0.2, 0) is 23.7 Å². The molecule has 102 heavy (non-hydrogen) atoms. The zero-order chi connectivity index (χ0) is 73.7. The SMILES string of the molecule is CC/C=C\C/C=C\C/C=C\C/C=C\C/C=C\C/C=C\C/C=C\C/C=C\C/C=C\C/C=C\C/C=C\CCCCCCCCCC(=O)NC(COC1OC(CO)C(OC2OC(CO)C(O)C(O)C2O)C(O)C1O)C(O)CCCCCCCCCCCCCCCCCCCCCCCCCCCCC. The van der Waals surface area contributed by atoms with Gasteiger partial charge >= 0.3 is 0 Å². The Morgan fingerprint density at radius 2 is 0.676 bits per heavy atom. The topological polar surface area (TPSA) is 228 Å². The second kappa shape index (κ2) is 70.1. The van der Waals surface area contributed by atoms with E-state index < -0.39 is 86.8 Å². The van der Waals surface area contributed by atoms with E-state index in [0.29, 0.717) is 12.8 Å². The first-order valence-corrected chi connectivity index (χ1v) is 41.4. The Kier molecular flexibility index (Phi) is 64.8. The smallest absolute Gasteiger partial charge is 0.220 e. The van der Waals surface area contributed by atoms with E-state index in [9.17, 15) is 45.6 Å². The number of aliphatic hydroxyl groups excluding tert-OH is 8. The molecule has 1 amide bonds. The number of carbonyl (C=O) groups is 1. The fourth-order valence-corrected chi connectivity index (χ4v) is 12.9. The van der Waals surface area contributed by atoms with Gasteiger partial charge in [0.25, 0.3) is 0 Å². The molecule has 2 aliphatic heterocycles. The van der Waals surface area contributed by atoms with Crippen LogP contribution in [0, 0.1) is 0 Å². The Balaban J connectivity index is 1.62. The number of unbranched alkanes of at least 4 members (excludes halogenated alkanes) is 33. The Morgan fingerprint density at radius 3 is 1.04 bits per heavy atom. The summed E-state index contributed by atoms with van der Waals surface area (Å²) in [5.41, 5.74) is 0. The molecule has 0 aromatic carbocycles. The van der Waals surface area contributed by atoms with Crippen molar-refractivity contribution in [3.8, 4) is 0 Å². The molecule has 0 bridgehead atoms. The van der Waals surface area contributed by atoms with Crippen LogP contribution in [0.25, 0.3) is 0 Å². The minimum atomic E-state index is -1.79. The highest BCUT2D eigenvalue weighted by atomic mass is 16.7. The molecule has 12 unspecified atom stereocenters. The van der Waals surface area contributed by atoms with Crippen molar-refractivity contribution in [1.29, 1.82) is 0 Å². The molecule has 0 aromatic rings. The minimum Gasteiger partial charge on any atom is -0.394 e. The van der Waals surface area contributed by atoms with Gasteiger partial charge in [-0.1, -0.05) is 353 Å². The molecular formula is C88H151NO13. The van der Waals surface area contributed by atoms with E-state index in [1.54, 1.807) is 0 Å². The van der Waals surface area contributed by atoms with Gasteiger partial charge in [-0.3, -0.25) is 4.79 Å². The Labute approximate surface area is 621 Å². The summed E-state index contributed by atoms with van der Waals surface area (Å²) in [7, 11) is 0. The molecule has 2 saturated heterocycles. The lowest BCUT2D eigenvalue weighted by Gasteiger charge is -2.46. The summed E-state index contributed by atoms with van der Waals surface area (Å²) in [6, 6.07) is -0.846. The predicted octanol–water partition coefficient (Wildman–Crippen LogP) is 19.4. The third-order valence-corrected chi connectivity index (χ3v) is 19.4. The van der Waals surface area contributed by atoms with Gasteiger partial charge in [0, 0.05) is 6.42 Å². The molecule has 0 spiro atoms. The third-order valence-electron chi connectivity index (χ3n) is 19.4. The normalized spacial score (nSPS) is 22.4. The van der Waals surface area contributed by atoms with E-state index in [0.717, 1.165) is 135 Å². The average molecular weight is 1430 g/mol. The van der Waals surface area contributed by atoms with Crippen molar-refractivity contribution >= 4 is 5.91 Å². The van der Waals surface area contributed by atoms with E-state index in [2.05, 4.69) is 153 Å². The van der Waals surface area contributed by atoms with Crippen LogP contribution in [0.2, 0.25) is 0 Å². The molecule has 0 aliphatic carbocycles. The first kappa shape index (κ1) is 94.2. The minimum absolute atomic E-state index is 0.219. The summed E-state index contributed by atoms with van der Waals surface area (Å²) < 4.78 is 23.0. The number of allylic oxidation sites excluding steroid dienone is 22. The lowest BCUT2D eigenvalue weighted by atomic mass is 9.97. The van der Waals surface area contributed by atoms with Gasteiger partial charge in [0.1, 0.15) is 48.8 Å². The van der Waals surface area contributed by atoms with Gasteiger partial charge in [0.2, 0.25) is 5.91 Å². The van der Waals surface area contributed by atoms with Gasteiger partial charge in [0.15, 0.2) is 12.6 Å². The molecule has 14 nitrogen and oxygen atoms in total. The molecule has 2 rings (SSSR count). The highest BCUT2D eigenvalue weighted by molar-refractivity contribution is 5.76. The highest BCUT2D eigenvalue weighted by Crippen LogP contribution is 2.30. The van der Waals surface area contributed by atoms with E-state index in [1.807, 2.05) is 0 Å². The van der Waals surface area contributed by atoms with Crippen molar-refractivity contribution in [2.24, 2.45) is 0 Å². The van der Waals surface area contributed by atoms with Gasteiger partial charge in [-0.05, 0) is 96.3 Å². The maximum absolute atomic E-state index is 13.4. The second-order valence-electron chi connectivity index (χ2n) is 28.5. The van der Waals surface area contributed by atoms with E-state index in [-0.39, 0.29) is 18.9 Å². The number of amides is 1. The molecule has 2 heterocycles. The lowest BCUT2D eigenvalue weighted by molar-refractivity contribution is -0.359. The zero-order valence-corrected chi connectivity index (χ0v) is 64.3. The Bertz CT molecular complexity index is 2230. The molecule has 12 atom stereocenters. The van der Waals surface area contributed by atoms with E-state index >= 15 is 0 Å². The molecule has 0 radical (unpaired) electrons. The summed E-state index contributed by atoms with van der Waals surface area (Å²) in [5, 5.41) is 87.9. The van der Waals surface area contributed by atoms with Crippen LogP contribution in [0.1, 0.15) is 322 Å². The number of nitrogens with one attached hydrogen (secondary N) is 1. The van der Waals surface area contributed by atoms with Gasteiger partial charge in [-0.2, -0.15) is 0 Å². The maximum Gasteiger partial charge on any atom is 0.220 e. The standard InChI is InChI=1S/C88H151NO13/c1-3-5-7-9-11-13-15-17-19-21-23-25-27-29-31-32-33-34-35-36-37-38-39-40-41-42-43-44-46-48-50-52-54-56-58-60-62-64-66-68-70-72-80(93)89-76(75-99-87-85(98)83(96)86(79(74-91)101-87)102-88-84(97)82(95)81(94)78(73-90)100-88)77(92)71-69-67-65-63-61-59-57-55-53-51-49-47-45-30-28-26-24-22-20-18-16-14-12-10-8-6-4-2/h5,7,11,13,17,19,23,25,29,31,33-34,36-37,39-40,42-43,46,48,52,54,76-79,81-88,90-92,94-98H,3-4,6,8-10,12,14-16,18,20-22,24,26-28,30,32,35,38,41,44-45,47,49-51,53,55-75H2,1-2H3,(H,89,93)/b7-5-,13-11-,19-17-,25-23-,31-29-,34-33-,37-36-,40-39-,43-42-,48-46-,54-52-. The summed E-state index contributed by atoms with van der Waals surface area (Å²) in [5.74, 6) is -0.219. The summed E-state index contributed by atoms with van der Waals surface area (Å²) >= 11 is 0. The average Bonchev–Trinajstić information content (AvgIpc) is 0.790. The lowest BCUT2D eigenvalue weighted by Crippen LogP contribution is -2.65. The molecule has 586 valence electrons. The van der Waals surface area contributed by atoms with Crippen LogP contribution < -0.4 is 5.32 Å². The van der Waals surface area contributed by atoms with Gasteiger partial charge < -0.3 is 65.1 Å². The van der Waals surface area contributed by atoms with Crippen LogP contribution in [0.15, 0.2) is 134 Å². The van der Waals surface area contributed by atoms with Crippen LogP contribution in [0.5, 0.6) is 0 Å². The first-order chi connectivity index (χ1) is 50.1.